The molecule has 0 spiro atoms. The quantitative estimate of drug-likeness (QED) is 0.646. The molecular formula is C16H16Br2O. The van der Waals surface area contributed by atoms with Crippen molar-refractivity contribution in [2.75, 3.05) is 12.4 Å². The lowest BCUT2D eigenvalue weighted by Gasteiger charge is -2.15. The average molecular weight is 384 g/mol. The third-order valence-corrected chi connectivity index (χ3v) is 4.40. The second-order valence-electron chi connectivity index (χ2n) is 4.46. The zero-order chi connectivity index (χ0) is 13.7. The molecule has 2 aromatic rings. The highest BCUT2D eigenvalue weighted by atomic mass is 79.9. The Morgan fingerprint density at radius 3 is 2.58 bits per heavy atom. The Morgan fingerprint density at radius 2 is 1.89 bits per heavy atom. The lowest BCUT2D eigenvalue weighted by atomic mass is 9.94. The lowest BCUT2D eigenvalue weighted by molar-refractivity contribution is 0.414. The molecule has 100 valence electrons. The third-order valence-electron chi connectivity index (χ3n) is 3.12. The molecule has 0 saturated carbocycles. The van der Waals surface area contributed by atoms with Gasteiger partial charge in [-0.15, -0.1) is 0 Å². The lowest BCUT2D eigenvalue weighted by Crippen LogP contribution is -2.04. The van der Waals surface area contributed by atoms with Crippen LogP contribution in [-0.4, -0.2) is 12.4 Å². The van der Waals surface area contributed by atoms with Crippen LogP contribution in [0.4, 0.5) is 0 Å². The van der Waals surface area contributed by atoms with E-state index in [9.17, 15) is 0 Å². The van der Waals surface area contributed by atoms with Gasteiger partial charge in [0.2, 0.25) is 0 Å². The Bertz CT molecular complexity index is 540. The maximum Gasteiger partial charge on any atom is 0.119 e. The number of hydrogen-bond donors (Lipinski definition) is 0. The minimum absolute atomic E-state index is 0.463. The molecule has 2 rings (SSSR count). The Balaban J connectivity index is 2.18. The highest BCUT2D eigenvalue weighted by Gasteiger charge is 2.11. The van der Waals surface area contributed by atoms with Crippen molar-refractivity contribution in [3.63, 3.8) is 0 Å². The molecule has 2 aromatic carbocycles. The van der Waals surface area contributed by atoms with E-state index in [2.05, 4.69) is 68.3 Å². The Labute approximate surface area is 131 Å². The van der Waals surface area contributed by atoms with Gasteiger partial charge in [0.15, 0.2) is 0 Å². The van der Waals surface area contributed by atoms with E-state index in [1.165, 1.54) is 11.1 Å². The molecule has 0 bridgehead atoms. The summed E-state index contributed by atoms with van der Waals surface area (Å²) in [6.07, 6.45) is 0.999. The number of methoxy groups -OCH3 is 1. The SMILES string of the molecule is COc1cccc(CC(CBr)c2cccc(Br)c2)c1. The Morgan fingerprint density at radius 1 is 1.11 bits per heavy atom. The van der Waals surface area contributed by atoms with Gasteiger partial charge >= 0.3 is 0 Å². The summed E-state index contributed by atoms with van der Waals surface area (Å²) in [6.45, 7) is 0. The van der Waals surface area contributed by atoms with Crippen LogP contribution in [0.15, 0.2) is 53.0 Å². The summed E-state index contributed by atoms with van der Waals surface area (Å²) in [6, 6.07) is 16.8. The molecular weight excluding hydrogens is 368 g/mol. The van der Waals surface area contributed by atoms with Gasteiger partial charge in [-0.1, -0.05) is 56.1 Å². The second kappa shape index (κ2) is 7.11. The number of hydrogen-bond acceptors (Lipinski definition) is 1. The van der Waals surface area contributed by atoms with Crippen molar-refractivity contribution in [1.29, 1.82) is 0 Å². The van der Waals surface area contributed by atoms with Crippen molar-refractivity contribution in [2.45, 2.75) is 12.3 Å². The Kier molecular flexibility index (Phi) is 5.46. The topological polar surface area (TPSA) is 9.23 Å². The maximum atomic E-state index is 5.28. The molecule has 1 atom stereocenters. The van der Waals surface area contributed by atoms with E-state index in [1.54, 1.807) is 7.11 Å². The van der Waals surface area contributed by atoms with Crippen LogP contribution in [0.1, 0.15) is 17.0 Å². The third kappa shape index (κ3) is 4.08. The molecule has 19 heavy (non-hydrogen) atoms. The van der Waals surface area contributed by atoms with E-state index < -0.39 is 0 Å². The van der Waals surface area contributed by atoms with Gasteiger partial charge in [-0.05, 0) is 47.7 Å². The first-order valence-electron chi connectivity index (χ1n) is 6.17. The number of alkyl halides is 1. The molecule has 1 nitrogen and oxygen atoms in total. The summed E-state index contributed by atoms with van der Waals surface area (Å²) in [4.78, 5) is 0. The van der Waals surface area contributed by atoms with Crippen LogP contribution in [0.3, 0.4) is 0 Å². The van der Waals surface area contributed by atoms with Gasteiger partial charge in [-0.3, -0.25) is 0 Å². The largest absolute Gasteiger partial charge is 0.497 e. The standard InChI is InChI=1S/C16H16Br2O/c1-19-16-7-2-4-12(9-16)8-14(11-17)13-5-3-6-15(18)10-13/h2-7,9-10,14H,8,11H2,1H3. The number of ether oxygens (including phenoxy) is 1. The van der Waals surface area contributed by atoms with Crippen LogP contribution in [0.25, 0.3) is 0 Å². The molecule has 0 aliphatic rings. The molecule has 0 aliphatic carbocycles. The van der Waals surface area contributed by atoms with Gasteiger partial charge in [-0.25, -0.2) is 0 Å². The van der Waals surface area contributed by atoms with Gasteiger partial charge in [-0.2, -0.15) is 0 Å². The predicted molar refractivity (Wildman–Crippen MR) is 87.4 cm³/mol. The smallest absolute Gasteiger partial charge is 0.119 e. The van der Waals surface area contributed by atoms with Crippen molar-refractivity contribution in [2.24, 2.45) is 0 Å². The summed E-state index contributed by atoms with van der Waals surface area (Å²) in [5.74, 6) is 1.38. The van der Waals surface area contributed by atoms with E-state index in [4.69, 9.17) is 4.74 Å². The van der Waals surface area contributed by atoms with Gasteiger partial charge in [0.05, 0.1) is 7.11 Å². The van der Waals surface area contributed by atoms with Crippen molar-refractivity contribution in [3.05, 3.63) is 64.1 Å². The minimum atomic E-state index is 0.463. The van der Waals surface area contributed by atoms with Crippen LogP contribution in [0.5, 0.6) is 5.75 Å². The molecule has 0 saturated heterocycles. The first-order valence-corrected chi connectivity index (χ1v) is 8.08. The predicted octanol–water partition coefficient (Wildman–Crippen LogP) is 5.18. The van der Waals surface area contributed by atoms with E-state index in [-0.39, 0.29) is 0 Å². The fourth-order valence-corrected chi connectivity index (χ4v) is 3.13. The molecule has 1 unspecified atom stereocenters. The minimum Gasteiger partial charge on any atom is -0.497 e. The summed E-state index contributed by atoms with van der Waals surface area (Å²) in [5.41, 5.74) is 2.64. The van der Waals surface area contributed by atoms with E-state index >= 15 is 0 Å². The van der Waals surface area contributed by atoms with Crippen molar-refractivity contribution >= 4 is 31.9 Å². The summed E-state index contributed by atoms with van der Waals surface area (Å²) in [7, 11) is 1.70. The van der Waals surface area contributed by atoms with Crippen LogP contribution in [0, 0.1) is 0 Å². The normalized spacial score (nSPS) is 12.2. The van der Waals surface area contributed by atoms with Crippen LogP contribution >= 0.6 is 31.9 Å². The zero-order valence-electron chi connectivity index (χ0n) is 10.8. The van der Waals surface area contributed by atoms with E-state index in [0.717, 1.165) is 22.0 Å². The zero-order valence-corrected chi connectivity index (χ0v) is 13.9. The molecule has 0 radical (unpaired) electrons. The highest BCUT2D eigenvalue weighted by molar-refractivity contribution is 9.10. The first-order chi connectivity index (χ1) is 9.22. The molecule has 0 N–H and O–H groups in total. The van der Waals surface area contributed by atoms with Crippen molar-refractivity contribution in [3.8, 4) is 5.75 Å². The fraction of sp³-hybridized carbons (Fsp3) is 0.250. The fourth-order valence-electron chi connectivity index (χ4n) is 2.11. The van der Waals surface area contributed by atoms with E-state index in [0.29, 0.717) is 5.92 Å². The average Bonchev–Trinajstić information content (AvgIpc) is 2.45. The van der Waals surface area contributed by atoms with Crippen molar-refractivity contribution < 1.29 is 4.74 Å². The van der Waals surface area contributed by atoms with Gasteiger partial charge < -0.3 is 4.74 Å². The van der Waals surface area contributed by atoms with Crippen LogP contribution in [-0.2, 0) is 6.42 Å². The number of benzene rings is 2. The molecule has 0 aliphatic heterocycles. The first kappa shape index (κ1) is 14.6. The van der Waals surface area contributed by atoms with Crippen molar-refractivity contribution in [1.82, 2.24) is 0 Å². The monoisotopic (exact) mass is 382 g/mol. The van der Waals surface area contributed by atoms with Crippen LogP contribution < -0.4 is 4.74 Å². The summed E-state index contributed by atoms with van der Waals surface area (Å²) < 4.78 is 6.40. The molecule has 0 fully saturated rings. The van der Waals surface area contributed by atoms with Crippen LogP contribution in [0.2, 0.25) is 0 Å². The Hall–Kier alpha value is -0.800. The molecule has 3 heteroatoms. The summed E-state index contributed by atoms with van der Waals surface area (Å²) >= 11 is 7.16. The summed E-state index contributed by atoms with van der Waals surface area (Å²) in [5, 5.41) is 0.945. The van der Waals surface area contributed by atoms with Gasteiger partial charge in [0, 0.05) is 9.80 Å². The maximum absolute atomic E-state index is 5.28. The second-order valence-corrected chi connectivity index (χ2v) is 6.03. The molecule has 0 aromatic heterocycles. The highest BCUT2D eigenvalue weighted by Crippen LogP contribution is 2.26. The van der Waals surface area contributed by atoms with Gasteiger partial charge in [0.1, 0.15) is 5.75 Å². The van der Waals surface area contributed by atoms with Gasteiger partial charge in [0.25, 0.3) is 0 Å². The number of rotatable bonds is 5. The molecule has 0 heterocycles. The molecule has 0 amide bonds. The van der Waals surface area contributed by atoms with E-state index in [1.807, 2.05) is 12.1 Å². The number of halogens is 2.